The molecule has 6 nitrogen and oxygen atoms in total. The molecule has 0 spiro atoms. The number of alkyl halides is 3. The summed E-state index contributed by atoms with van der Waals surface area (Å²) in [7, 11) is 0. The minimum atomic E-state index is -4.79. The molecule has 3 heterocycles. The maximum atomic E-state index is 12.3. The van der Waals surface area contributed by atoms with Crippen LogP contribution in [-0.2, 0) is 0 Å². The van der Waals surface area contributed by atoms with Gasteiger partial charge in [0.15, 0.2) is 0 Å². The summed E-state index contributed by atoms with van der Waals surface area (Å²) < 4.78 is 40.7. The van der Waals surface area contributed by atoms with E-state index in [1.165, 1.54) is 6.20 Å². The molecule has 0 fully saturated rings. The molecular weight excluding hydrogens is 359 g/mol. The molecule has 128 valence electrons. The third kappa shape index (κ3) is 4.77. The molecule has 0 atom stereocenters. The van der Waals surface area contributed by atoms with Gasteiger partial charge in [0.25, 0.3) is 0 Å². The van der Waals surface area contributed by atoms with E-state index in [2.05, 4.69) is 30.0 Å². The van der Waals surface area contributed by atoms with Crippen LogP contribution >= 0.6 is 11.6 Å². The van der Waals surface area contributed by atoms with Crippen LogP contribution in [0.4, 0.5) is 24.8 Å². The zero-order valence-corrected chi connectivity index (χ0v) is 13.1. The molecule has 3 rings (SSSR count). The molecule has 3 aromatic rings. The fourth-order valence-corrected chi connectivity index (χ4v) is 2.14. The van der Waals surface area contributed by atoms with Crippen molar-refractivity contribution in [3.8, 4) is 17.0 Å². The van der Waals surface area contributed by atoms with E-state index in [0.717, 1.165) is 17.7 Å². The van der Waals surface area contributed by atoms with E-state index in [1.54, 1.807) is 30.6 Å². The molecule has 0 amide bonds. The van der Waals surface area contributed by atoms with Crippen molar-refractivity contribution >= 4 is 23.2 Å². The highest BCUT2D eigenvalue weighted by atomic mass is 35.5. The van der Waals surface area contributed by atoms with Gasteiger partial charge in [0.05, 0.1) is 5.69 Å². The molecule has 0 aliphatic heterocycles. The highest BCUT2D eigenvalue weighted by Gasteiger charge is 2.31. The van der Waals surface area contributed by atoms with Crippen LogP contribution in [0.1, 0.15) is 0 Å². The topological polar surface area (TPSA) is 72.8 Å². The smallest absolute Gasteiger partial charge is 0.406 e. The van der Waals surface area contributed by atoms with Crippen LogP contribution in [-0.4, -0.2) is 26.3 Å². The first-order valence-electron chi connectivity index (χ1n) is 6.83. The van der Waals surface area contributed by atoms with Crippen LogP contribution in [0.2, 0.25) is 5.28 Å². The Kier molecular flexibility index (Phi) is 4.66. The lowest BCUT2D eigenvalue weighted by Crippen LogP contribution is -2.17. The van der Waals surface area contributed by atoms with Gasteiger partial charge in [0.1, 0.15) is 17.4 Å². The number of rotatable bonds is 4. The molecule has 0 aliphatic carbocycles. The summed E-state index contributed by atoms with van der Waals surface area (Å²) in [5, 5.41) is 2.74. The Morgan fingerprint density at radius 1 is 0.960 bits per heavy atom. The largest absolute Gasteiger partial charge is 0.573 e. The van der Waals surface area contributed by atoms with Crippen LogP contribution in [0.25, 0.3) is 11.3 Å². The fourth-order valence-electron chi connectivity index (χ4n) is 1.96. The predicted octanol–water partition coefficient (Wildman–Crippen LogP) is 4.23. The number of hydrogen-bond acceptors (Lipinski definition) is 6. The van der Waals surface area contributed by atoms with Gasteiger partial charge in [-0.2, -0.15) is 0 Å². The number of aromatic nitrogens is 4. The van der Waals surface area contributed by atoms with E-state index in [4.69, 9.17) is 11.6 Å². The van der Waals surface area contributed by atoms with Crippen LogP contribution in [0.5, 0.6) is 5.75 Å². The van der Waals surface area contributed by atoms with Crippen molar-refractivity contribution in [2.24, 2.45) is 0 Å². The number of nitrogens with one attached hydrogen (secondary N) is 1. The molecule has 0 unspecified atom stereocenters. The summed E-state index contributed by atoms with van der Waals surface area (Å²) in [6, 6.07) is 7.24. The van der Waals surface area contributed by atoms with E-state index in [9.17, 15) is 13.2 Å². The normalized spacial score (nSPS) is 11.2. The number of pyridine rings is 2. The minimum absolute atomic E-state index is 0.0282. The predicted molar refractivity (Wildman–Crippen MR) is 84.5 cm³/mol. The van der Waals surface area contributed by atoms with Gasteiger partial charge >= 0.3 is 6.36 Å². The van der Waals surface area contributed by atoms with Crippen molar-refractivity contribution in [1.29, 1.82) is 0 Å². The van der Waals surface area contributed by atoms with E-state index in [-0.39, 0.29) is 16.9 Å². The molecule has 3 aromatic heterocycles. The second kappa shape index (κ2) is 6.89. The van der Waals surface area contributed by atoms with Gasteiger partial charge in [-0.25, -0.2) is 15.0 Å². The average Bonchev–Trinajstić information content (AvgIpc) is 2.54. The first-order chi connectivity index (χ1) is 11.9. The van der Waals surface area contributed by atoms with Crippen LogP contribution < -0.4 is 10.1 Å². The maximum absolute atomic E-state index is 12.3. The zero-order chi connectivity index (χ0) is 17.9. The van der Waals surface area contributed by atoms with Crippen molar-refractivity contribution in [3.63, 3.8) is 0 Å². The van der Waals surface area contributed by atoms with Gasteiger partial charge in [0, 0.05) is 36.3 Å². The molecule has 0 radical (unpaired) electrons. The summed E-state index contributed by atoms with van der Waals surface area (Å²) in [4.78, 5) is 15.9. The number of halogens is 4. The lowest BCUT2D eigenvalue weighted by atomic mass is 10.2. The summed E-state index contributed by atoms with van der Waals surface area (Å²) in [5.74, 6) is -0.0276. The minimum Gasteiger partial charge on any atom is -0.406 e. The van der Waals surface area contributed by atoms with Crippen molar-refractivity contribution in [3.05, 3.63) is 54.2 Å². The summed E-state index contributed by atoms with van der Waals surface area (Å²) in [6.45, 7) is 0. The van der Waals surface area contributed by atoms with E-state index in [1.807, 2.05) is 0 Å². The first-order valence-corrected chi connectivity index (χ1v) is 7.21. The molecule has 1 N–H and O–H groups in total. The van der Waals surface area contributed by atoms with Gasteiger partial charge in [-0.1, -0.05) is 0 Å². The number of ether oxygens (including phenoxy) is 1. The molecule has 0 saturated carbocycles. The molecule has 25 heavy (non-hydrogen) atoms. The van der Waals surface area contributed by atoms with Crippen LogP contribution in [0.15, 0.2) is 48.9 Å². The van der Waals surface area contributed by atoms with Gasteiger partial charge in [-0.3, -0.25) is 4.98 Å². The Labute approximate surface area is 144 Å². The SMILES string of the molecule is FC(F)(F)Oc1ccnc(Nc2cc(-c3ccncc3)nc(Cl)n2)c1. The van der Waals surface area contributed by atoms with Gasteiger partial charge in [0.2, 0.25) is 5.28 Å². The monoisotopic (exact) mass is 367 g/mol. The quantitative estimate of drug-likeness (QED) is 0.696. The van der Waals surface area contributed by atoms with Gasteiger partial charge in [-0.05, 0) is 29.8 Å². The molecular formula is C15H9ClF3N5O. The Balaban J connectivity index is 1.86. The lowest BCUT2D eigenvalue weighted by molar-refractivity contribution is -0.274. The number of hydrogen-bond donors (Lipinski definition) is 1. The number of anilines is 2. The summed E-state index contributed by atoms with van der Waals surface area (Å²) >= 11 is 5.91. The Hall–Kier alpha value is -2.94. The molecule has 0 saturated heterocycles. The second-order valence-corrected chi connectivity index (χ2v) is 5.03. The first kappa shape index (κ1) is 16.9. The second-order valence-electron chi connectivity index (χ2n) is 4.69. The average molecular weight is 368 g/mol. The van der Waals surface area contributed by atoms with Gasteiger partial charge < -0.3 is 10.1 Å². The summed E-state index contributed by atoms with van der Waals surface area (Å²) in [6.07, 6.45) is -0.419. The third-order valence-corrected chi connectivity index (χ3v) is 3.07. The molecule has 0 aromatic carbocycles. The van der Waals surface area contributed by atoms with E-state index in [0.29, 0.717) is 5.69 Å². The Bertz CT molecular complexity index is 877. The highest BCUT2D eigenvalue weighted by molar-refractivity contribution is 6.28. The zero-order valence-electron chi connectivity index (χ0n) is 12.3. The van der Waals surface area contributed by atoms with Crippen molar-refractivity contribution in [1.82, 2.24) is 19.9 Å². The van der Waals surface area contributed by atoms with Crippen molar-refractivity contribution < 1.29 is 17.9 Å². The van der Waals surface area contributed by atoms with Crippen molar-refractivity contribution in [2.75, 3.05) is 5.32 Å². The van der Waals surface area contributed by atoms with E-state index >= 15 is 0 Å². The lowest BCUT2D eigenvalue weighted by Gasteiger charge is -2.11. The Morgan fingerprint density at radius 2 is 1.72 bits per heavy atom. The van der Waals surface area contributed by atoms with E-state index < -0.39 is 12.1 Å². The Morgan fingerprint density at radius 3 is 2.44 bits per heavy atom. The third-order valence-electron chi connectivity index (χ3n) is 2.90. The van der Waals surface area contributed by atoms with Gasteiger partial charge in [-0.15, -0.1) is 13.2 Å². The maximum Gasteiger partial charge on any atom is 0.573 e. The van der Waals surface area contributed by atoms with Crippen molar-refractivity contribution in [2.45, 2.75) is 6.36 Å². The standard InChI is InChI=1S/C15H9ClF3N5O/c16-14-22-11(9-1-4-20-5-2-9)8-13(24-14)23-12-7-10(3-6-21-12)25-15(17,18)19/h1-8H,(H,21,22,23,24). The molecule has 0 bridgehead atoms. The highest BCUT2D eigenvalue weighted by Crippen LogP contribution is 2.26. The van der Waals surface area contributed by atoms with Crippen LogP contribution in [0.3, 0.4) is 0 Å². The molecule has 0 aliphatic rings. The summed E-state index contributed by atoms with van der Waals surface area (Å²) in [5.41, 5.74) is 1.28. The number of nitrogens with zero attached hydrogens (tertiary/aromatic N) is 4. The fraction of sp³-hybridized carbons (Fsp3) is 0.0667. The molecule has 10 heteroatoms. The van der Waals surface area contributed by atoms with Crippen LogP contribution in [0, 0.1) is 0 Å².